The van der Waals surface area contributed by atoms with E-state index in [1.807, 2.05) is 0 Å². The summed E-state index contributed by atoms with van der Waals surface area (Å²) in [7, 11) is 0. The molecule has 3 nitrogen and oxygen atoms in total. The van der Waals surface area contributed by atoms with E-state index >= 15 is 0 Å². The van der Waals surface area contributed by atoms with Gasteiger partial charge in [-0.15, -0.1) is 11.6 Å². The topological polar surface area (TPSA) is 57.5 Å². The summed E-state index contributed by atoms with van der Waals surface area (Å²) in [5.74, 6) is -0.920. The summed E-state index contributed by atoms with van der Waals surface area (Å²) in [4.78, 5) is 11.6. The van der Waals surface area contributed by atoms with Gasteiger partial charge in [-0.25, -0.2) is 0 Å². The molecular weight excluding hydrogens is 360 g/mol. The summed E-state index contributed by atoms with van der Waals surface area (Å²) in [6.07, 6.45) is 16.1. The molecule has 0 radical (unpaired) electrons. The number of halogens is 1. The molecule has 3 unspecified atom stereocenters. The molecule has 0 aliphatic rings. The van der Waals surface area contributed by atoms with Gasteiger partial charge in [0.2, 0.25) is 0 Å². The number of rotatable bonds is 18. The van der Waals surface area contributed by atoms with Crippen LogP contribution in [-0.2, 0) is 4.79 Å². The minimum Gasteiger partial charge on any atom is -0.481 e. The fraction of sp³-hybridized carbons (Fsp3) is 0.957. The molecule has 0 saturated carbocycles. The SMILES string of the molecule is CCCCCCCCCCCCCC(Cl)CC(CC(C)O)C(C)(C)C(=O)O. The van der Waals surface area contributed by atoms with E-state index in [2.05, 4.69) is 6.92 Å². The van der Waals surface area contributed by atoms with Crippen LogP contribution in [-0.4, -0.2) is 27.7 Å². The second kappa shape index (κ2) is 15.6. The third-order valence-corrected chi connectivity index (χ3v) is 6.26. The van der Waals surface area contributed by atoms with E-state index < -0.39 is 17.5 Å². The van der Waals surface area contributed by atoms with Crippen LogP contribution in [0.3, 0.4) is 0 Å². The van der Waals surface area contributed by atoms with Crippen LogP contribution < -0.4 is 0 Å². The maximum absolute atomic E-state index is 11.6. The summed E-state index contributed by atoms with van der Waals surface area (Å²) < 4.78 is 0. The predicted octanol–water partition coefficient (Wildman–Crippen LogP) is 7.18. The normalized spacial score (nSPS) is 15.5. The predicted molar refractivity (Wildman–Crippen MR) is 117 cm³/mol. The molecule has 0 fully saturated rings. The number of aliphatic carboxylic acids is 1. The summed E-state index contributed by atoms with van der Waals surface area (Å²) in [6, 6.07) is 0. The molecule has 0 spiro atoms. The standard InChI is InChI=1S/C23H45ClO3/c1-5-6-7-8-9-10-11-12-13-14-15-16-21(24)18-20(17-19(2)25)23(3,4)22(26)27/h19-21,25H,5-18H2,1-4H3,(H,26,27). The second-order valence-electron chi connectivity index (χ2n) is 8.97. The Hall–Kier alpha value is -0.280. The van der Waals surface area contributed by atoms with Gasteiger partial charge in [0.1, 0.15) is 0 Å². The first-order valence-electron chi connectivity index (χ1n) is 11.3. The highest BCUT2D eigenvalue weighted by Crippen LogP contribution is 2.36. The summed E-state index contributed by atoms with van der Waals surface area (Å²) in [5, 5.41) is 19.2. The molecule has 0 aromatic rings. The lowest BCUT2D eigenvalue weighted by Crippen LogP contribution is -2.36. The zero-order valence-corrected chi connectivity index (χ0v) is 19.1. The minimum atomic E-state index is -0.860. The number of unbranched alkanes of at least 4 members (excludes halogenated alkanes) is 10. The van der Waals surface area contributed by atoms with E-state index in [1.54, 1.807) is 20.8 Å². The maximum Gasteiger partial charge on any atom is 0.309 e. The van der Waals surface area contributed by atoms with Gasteiger partial charge in [-0.05, 0) is 46.0 Å². The van der Waals surface area contributed by atoms with Crippen LogP contribution >= 0.6 is 11.6 Å². The van der Waals surface area contributed by atoms with E-state index in [-0.39, 0.29) is 11.3 Å². The van der Waals surface area contributed by atoms with Crippen LogP contribution in [0.1, 0.15) is 118 Å². The molecule has 0 aromatic heterocycles. The van der Waals surface area contributed by atoms with Gasteiger partial charge in [-0.3, -0.25) is 4.79 Å². The van der Waals surface area contributed by atoms with Crippen molar-refractivity contribution in [1.29, 1.82) is 0 Å². The van der Waals surface area contributed by atoms with Crippen LogP contribution in [0.5, 0.6) is 0 Å². The third-order valence-electron chi connectivity index (χ3n) is 5.86. The highest BCUT2D eigenvalue weighted by atomic mass is 35.5. The second-order valence-corrected chi connectivity index (χ2v) is 9.58. The van der Waals surface area contributed by atoms with Crippen LogP contribution in [0.25, 0.3) is 0 Å². The fourth-order valence-corrected chi connectivity index (χ4v) is 4.10. The van der Waals surface area contributed by atoms with E-state index in [4.69, 9.17) is 11.6 Å². The lowest BCUT2D eigenvalue weighted by molar-refractivity contribution is -0.151. The largest absolute Gasteiger partial charge is 0.481 e. The fourth-order valence-electron chi connectivity index (χ4n) is 3.73. The van der Waals surface area contributed by atoms with Crippen molar-refractivity contribution in [3.05, 3.63) is 0 Å². The van der Waals surface area contributed by atoms with Gasteiger partial charge in [0.15, 0.2) is 0 Å². The number of hydrogen-bond acceptors (Lipinski definition) is 2. The molecule has 0 aromatic carbocycles. The number of carbonyl (C=O) groups is 1. The number of aliphatic hydroxyl groups excluding tert-OH is 1. The Bertz CT molecular complexity index is 369. The molecular formula is C23H45ClO3. The van der Waals surface area contributed by atoms with Gasteiger partial charge in [0.25, 0.3) is 0 Å². The quantitative estimate of drug-likeness (QED) is 0.188. The lowest BCUT2D eigenvalue weighted by Gasteiger charge is -2.32. The monoisotopic (exact) mass is 404 g/mol. The van der Waals surface area contributed by atoms with Gasteiger partial charge in [0, 0.05) is 5.38 Å². The minimum absolute atomic E-state index is 0.00839. The van der Waals surface area contributed by atoms with E-state index in [0.717, 1.165) is 12.8 Å². The van der Waals surface area contributed by atoms with Gasteiger partial charge >= 0.3 is 5.97 Å². The summed E-state index contributed by atoms with van der Waals surface area (Å²) in [6.45, 7) is 7.46. The molecule has 0 bridgehead atoms. The summed E-state index contributed by atoms with van der Waals surface area (Å²) in [5.41, 5.74) is -0.860. The van der Waals surface area contributed by atoms with Crippen molar-refractivity contribution in [3.8, 4) is 0 Å². The highest BCUT2D eigenvalue weighted by Gasteiger charge is 2.38. The molecule has 0 rings (SSSR count). The molecule has 0 saturated heterocycles. The average Bonchev–Trinajstić information content (AvgIpc) is 2.58. The third kappa shape index (κ3) is 13.5. The number of carboxylic acid groups (broad SMARTS) is 1. The van der Waals surface area contributed by atoms with E-state index in [1.165, 1.54) is 64.2 Å². The molecule has 162 valence electrons. The van der Waals surface area contributed by atoms with Crippen LogP contribution in [0, 0.1) is 11.3 Å². The Labute approximate surface area is 173 Å². The molecule has 0 aliphatic carbocycles. The van der Waals surface area contributed by atoms with Crippen LogP contribution in [0.4, 0.5) is 0 Å². The first kappa shape index (κ1) is 26.7. The number of aliphatic hydroxyl groups is 1. The van der Waals surface area contributed by atoms with Crippen molar-refractivity contribution >= 4 is 17.6 Å². The molecule has 2 N–H and O–H groups in total. The Balaban J connectivity index is 3.90. The van der Waals surface area contributed by atoms with Crippen molar-refractivity contribution in [3.63, 3.8) is 0 Å². The average molecular weight is 405 g/mol. The van der Waals surface area contributed by atoms with Crippen molar-refractivity contribution in [2.75, 3.05) is 0 Å². The van der Waals surface area contributed by atoms with Gasteiger partial charge in [0.05, 0.1) is 11.5 Å². The Morgan fingerprint density at radius 1 is 0.889 bits per heavy atom. The zero-order chi connectivity index (χ0) is 20.7. The molecule has 0 heterocycles. The molecule has 0 amide bonds. The maximum atomic E-state index is 11.6. The van der Waals surface area contributed by atoms with Gasteiger partial charge in [-0.1, -0.05) is 77.6 Å². The highest BCUT2D eigenvalue weighted by molar-refractivity contribution is 6.20. The first-order valence-corrected chi connectivity index (χ1v) is 11.7. The molecule has 4 heteroatoms. The van der Waals surface area contributed by atoms with Crippen molar-refractivity contribution < 1.29 is 15.0 Å². The van der Waals surface area contributed by atoms with E-state index in [0.29, 0.717) is 12.8 Å². The van der Waals surface area contributed by atoms with Crippen LogP contribution in [0.2, 0.25) is 0 Å². The Morgan fingerprint density at radius 3 is 1.74 bits per heavy atom. The van der Waals surface area contributed by atoms with Crippen molar-refractivity contribution in [2.45, 2.75) is 129 Å². The van der Waals surface area contributed by atoms with Crippen molar-refractivity contribution in [1.82, 2.24) is 0 Å². The summed E-state index contributed by atoms with van der Waals surface area (Å²) >= 11 is 6.52. The van der Waals surface area contributed by atoms with Gasteiger partial charge in [-0.2, -0.15) is 0 Å². The zero-order valence-electron chi connectivity index (χ0n) is 18.3. The van der Waals surface area contributed by atoms with E-state index in [9.17, 15) is 15.0 Å². The lowest BCUT2D eigenvalue weighted by atomic mass is 9.73. The number of hydrogen-bond donors (Lipinski definition) is 2. The Morgan fingerprint density at radius 2 is 1.33 bits per heavy atom. The smallest absolute Gasteiger partial charge is 0.309 e. The van der Waals surface area contributed by atoms with Crippen LogP contribution in [0.15, 0.2) is 0 Å². The number of alkyl halides is 1. The first-order chi connectivity index (χ1) is 12.7. The van der Waals surface area contributed by atoms with Crippen molar-refractivity contribution in [2.24, 2.45) is 11.3 Å². The molecule has 27 heavy (non-hydrogen) atoms. The number of carboxylic acids is 1. The Kier molecular flexibility index (Phi) is 15.5. The molecule has 0 aliphatic heterocycles. The van der Waals surface area contributed by atoms with Gasteiger partial charge < -0.3 is 10.2 Å². The molecule has 3 atom stereocenters.